The molecule has 0 bridgehead atoms. The fraction of sp³-hybridized carbons (Fsp3) is 0.969. The summed E-state index contributed by atoms with van der Waals surface area (Å²) in [5.41, 5.74) is 0. The molecule has 1 saturated heterocycles. The van der Waals surface area contributed by atoms with Gasteiger partial charge in [0.15, 0.2) is 6.29 Å². The molecule has 0 radical (unpaired) electrons. The van der Waals surface area contributed by atoms with Crippen LogP contribution in [0, 0.1) is 0 Å². The molecule has 6 atom stereocenters. The van der Waals surface area contributed by atoms with Gasteiger partial charge in [-0.2, -0.15) is 0 Å². The van der Waals surface area contributed by atoms with E-state index in [1.54, 1.807) is 0 Å². The van der Waals surface area contributed by atoms with E-state index < -0.39 is 43.4 Å². The average Bonchev–Trinajstić information content (AvgIpc) is 2.97. The van der Waals surface area contributed by atoms with Gasteiger partial charge in [-0.3, -0.25) is 4.79 Å². The second-order valence-electron chi connectivity index (χ2n) is 11.6. The Hall–Kier alpha value is -0.810. The Kier molecular flexibility index (Phi) is 23.9. The first-order chi connectivity index (χ1) is 19.9. The molecule has 0 amide bonds. The van der Waals surface area contributed by atoms with Crippen LogP contribution in [0.15, 0.2) is 0 Å². The Morgan fingerprint density at radius 3 is 1.73 bits per heavy atom. The minimum atomic E-state index is -1.53. The van der Waals surface area contributed by atoms with Gasteiger partial charge in [0.1, 0.15) is 30.5 Å². The van der Waals surface area contributed by atoms with Crippen molar-refractivity contribution in [1.82, 2.24) is 0 Å². The predicted molar refractivity (Wildman–Crippen MR) is 159 cm³/mol. The molecule has 9 nitrogen and oxygen atoms in total. The molecule has 1 fully saturated rings. The molecule has 0 aliphatic carbocycles. The van der Waals surface area contributed by atoms with Crippen LogP contribution in [0.3, 0.4) is 0 Å². The monoisotopic (exact) mass is 590 g/mol. The van der Waals surface area contributed by atoms with Crippen LogP contribution in [-0.2, 0) is 23.7 Å². The number of carbonyl (C=O) groups excluding carboxylic acids is 1. The maximum atomic E-state index is 12.6. The number of aliphatic hydroxyl groups is 4. The van der Waals surface area contributed by atoms with E-state index in [0.29, 0.717) is 13.0 Å². The molecule has 41 heavy (non-hydrogen) atoms. The van der Waals surface area contributed by atoms with Crippen LogP contribution in [0.5, 0.6) is 0 Å². The molecular weight excluding hydrogens is 528 g/mol. The van der Waals surface area contributed by atoms with E-state index in [2.05, 4.69) is 13.8 Å². The highest BCUT2D eigenvalue weighted by atomic mass is 16.7. The molecule has 9 heteroatoms. The Labute approximate surface area is 249 Å². The zero-order valence-electron chi connectivity index (χ0n) is 26.1. The number of hydrogen-bond donors (Lipinski definition) is 4. The predicted octanol–water partition coefficient (Wildman–Crippen LogP) is 5.18. The lowest BCUT2D eigenvalue weighted by Gasteiger charge is -2.39. The number of hydrogen-bond acceptors (Lipinski definition) is 9. The third kappa shape index (κ3) is 18.5. The maximum absolute atomic E-state index is 12.6. The first-order valence-corrected chi connectivity index (χ1v) is 16.6. The molecule has 1 heterocycles. The standard InChI is InChI=1S/C32H62O9/c1-3-5-7-9-11-13-15-17-19-21-28(34)40-26(24-38-22-20-18-16-14-12-10-8-6-4-2)25-39-32-31(37)30(36)29(35)27(23-33)41-32/h26-27,29-33,35-37H,3-25H2,1-2H3. The summed E-state index contributed by atoms with van der Waals surface area (Å²) < 4.78 is 22.5. The molecule has 0 aromatic carbocycles. The van der Waals surface area contributed by atoms with E-state index in [1.165, 1.54) is 83.5 Å². The highest BCUT2D eigenvalue weighted by Crippen LogP contribution is 2.22. The van der Waals surface area contributed by atoms with Crippen molar-refractivity contribution in [1.29, 1.82) is 0 Å². The van der Waals surface area contributed by atoms with Crippen LogP contribution in [0.2, 0.25) is 0 Å². The van der Waals surface area contributed by atoms with Gasteiger partial charge < -0.3 is 39.4 Å². The van der Waals surface area contributed by atoms with Gasteiger partial charge in [0, 0.05) is 13.0 Å². The first-order valence-electron chi connectivity index (χ1n) is 16.6. The van der Waals surface area contributed by atoms with E-state index in [1.807, 2.05) is 0 Å². The topological polar surface area (TPSA) is 135 Å². The number of carbonyl (C=O) groups is 1. The van der Waals surface area contributed by atoms with Gasteiger partial charge in [-0.15, -0.1) is 0 Å². The lowest BCUT2D eigenvalue weighted by Crippen LogP contribution is -2.59. The normalized spacial score (nSPS) is 23.5. The van der Waals surface area contributed by atoms with Crippen molar-refractivity contribution in [2.24, 2.45) is 0 Å². The summed E-state index contributed by atoms with van der Waals surface area (Å²) in [5.74, 6) is -0.318. The lowest BCUT2D eigenvalue weighted by atomic mass is 9.99. The Morgan fingerprint density at radius 2 is 1.20 bits per heavy atom. The fourth-order valence-electron chi connectivity index (χ4n) is 5.08. The van der Waals surface area contributed by atoms with Crippen LogP contribution in [-0.4, -0.2) is 89.6 Å². The van der Waals surface area contributed by atoms with Crippen LogP contribution < -0.4 is 0 Å². The second-order valence-corrected chi connectivity index (χ2v) is 11.6. The molecule has 1 aliphatic heterocycles. The summed E-state index contributed by atoms with van der Waals surface area (Å²) >= 11 is 0. The minimum Gasteiger partial charge on any atom is -0.457 e. The van der Waals surface area contributed by atoms with Crippen molar-refractivity contribution >= 4 is 5.97 Å². The average molecular weight is 591 g/mol. The largest absolute Gasteiger partial charge is 0.457 e. The maximum Gasteiger partial charge on any atom is 0.306 e. The van der Waals surface area contributed by atoms with Gasteiger partial charge >= 0.3 is 5.97 Å². The smallest absolute Gasteiger partial charge is 0.306 e. The molecule has 244 valence electrons. The number of aliphatic hydroxyl groups excluding tert-OH is 4. The number of unbranched alkanes of at least 4 members (excludes halogenated alkanes) is 16. The summed E-state index contributed by atoms with van der Waals surface area (Å²) in [6, 6.07) is 0. The number of esters is 1. The van der Waals surface area contributed by atoms with E-state index >= 15 is 0 Å². The van der Waals surface area contributed by atoms with Crippen molar-refractivity contribution in [2.45, 2.75) is 173 Å². The summed E-state index contributed by atoms with van der Waals surface area (Å²) in [4.78, 5) is 12.6. The first kappa shape index (κ1) is 38.2. The van der Waals surface area contributed by atoms with E-state index in [9.17, 15) is 25.2 Å². The molecule has 0 aromatic heterocycles. The van der Waals surface area contributed by atoms with Crippen LogP contribution >= 0.6 is 0 Å². The minimum absolute atomic E-state index is 0.107. The molecule has 0 spiro atoms. The van der Waals surface area contributed by atoms with Gasteiger partial charge in [0.05, 0.1) is 19.8 Å². The fourth-order valence-corrected chi connectivity index (χ4v) is 5.08. The van der Waals surface area contributed by atoms with Gasteiger partial charge in [0.25, 0.3) is 0 Å². The molecule has 1 rings (SSSR count). The van der Waals surface area contributed by atoms with Crippen LogP contribution in [0.25, 0.3) is 0 Å². The molecule has 1 aliphatic rings. The van der Waals surface area contributed by atoms with Crippen LogP contribution in [0.4, 0.5) is 0 Å². The summed E-state index contributed by atoms with van der Waals surface area (Å²) in [5, 5.41) is 39.7. The van der Waals surface area contributed by atoms with Crippen molar-refractivity contribution in [3.8, 4) is 0 Å². The van der Waals surface area contributed by atoms with E-state index in [4.69, 9.17) is 18.9 Å². The Morgan fingerprint density at radius 1 is 0.683 bits per heavy atom. The summed E-state index contributed by atoms with van der Waals surface area (Å²) in [6.07, 6.45) is 14.2. The Bertz CT molecular complexity index is 604. The van der Waals surface area contributed by atoms with E-state index in [0.717, 1.165) is 32.1 Å². The highest BCUT2D eigenvalue weighted by Gasteiger charge is 2.44. The molecule has 0 aromatic rings. The van der Waals surface area contributed by atoms with Gasteiger partial charge in [0.2, 0.25) is 0 Å². The van der Waals surface area contributed by atoms with Crippen molar-refractivity contribution in [3.63, 3.8) is 0 Å². The third-order valence-corrected chi connectivity index (χ3v) is 7.77. The highest BCUT2D eigenvalue weighted by molar-refractivity contribution is 5.69. The van der Waals surface area contributed by atoms with Crippen molar-refractivity contribution in [3.05, 3.63) is 0 Å². The van der Waals surface area contributed by atoms with Crippen LogP contribution in [0.1, 0.15) is 136 Å². The quantitative estimate of drug-likeness (QED) is 0.0754. The molecule has 0 saturated carbocycles. The van der Waals surface area contributed by atoms with Gasteiger partial charge in [-0.1, -0.05) is 117 Å². The lowest BCUT2D eigenvalue weighted by molar-refractivity contribution is -0.305. The molecular formula is C32H62O9. The molecule has 6 unspecified atom stereocenters. The SMILES string of the molecule is CCCCCCCCCCCOCC(COC1OC(CO)C(O)C(O)C1O)OC(=O)CCCCCCCCCCC. The summed E-state index contributed by atoms with van der Waals surface area (Å²) in [7, 11) is 0. The summed E-state index contributed by atoms with van der Waals surface area (Å²) in [6.45, 7) is 4.51. The van der Waals surface area contributed by atoms with Crippen molar-refractivity contribution in [2.75, 3.05) is 26.4 Å². The van der Waals surface area contributed by atoms with E-state index in [-0.39, 0.29) is 19.2 Å². The number of rotatable bonds is 27. The zero-order valence-corrected chi connectivity index (χ0v) is 26.1. The van der Waals surface area contributed by atoms with Gasteiger partial charge in [-0.25, -0.2) is 0 Å². The second kappa shape index (κ2) is 25.7. The Balaban J connectivity index is 2.40. The third-order valence-electron chi connectivity index (χ3n) is 7.77. The number of ether oxygens (including phenoxy) is 4. The van der Waals surface area contributed by atoms with Crippen molar-refractivity contribution < 1.29 is 44.2 Å². The zero-order chi connectivity index (χ0) is 30.1. The van der Waals surface area contributed by atoms with Gasteiger partial charge in [-0.05, 0) is 12.8 Å². The molecule has 4 N–H and O–H groups in total.